The first-order valence-electron chi connectivity index (χ1n) is 6.15. The molecule has 5 nitrogen and oxygen atoms in total. The van der Waals surface area contributed by atoms with Gasteiger partial charge in [0.05, 0.1) is 11.9 Å². The first-order chi connectivity index (χ1) is 9.12. The van der Waals surface area contributed by atoms with E-state index in [-0.39, 0.29) is 18.5 Å². The molecule has 0 aliphatic heterocycles. The fraction of sp³-hybridized carbons (Fsp3) is 0.462. The number of nitrogens with zero attached hydrogens (tertiary/aromatic N) is 1. The summed E-state index contributed by atoms with van der Waals surface area (Å²) in [5, 5.41) is 3.13. The Balaban J connectivity index is 3.15. The molecule has 0 heterocycles. The van der Waals surface area contributed by atoms with E-state index in [1.54, 1.807) is 25.1 Å². The molecule has 7 heteroatoms. The quantitative estimate of drug-likeness (QED) is 0.902. The summed E-state index contributed by atoms with van der Waals surface area (Å²) in [6.07, 6.45) is 1.07. The van der Waals surface area contributed by atoms with Gasteiger partial charge in [0.25, 0.3) is 0 Å². The van der Waals surface area contributed by atoms with Gasteiger partial charge in [-0.2, -0.15) is 0 Å². The molecule has 0 unspecified atom stereocenters. The Kier molecular flexibility index (Phi) is 5.42. The zero-order valence-corrected chi connectivity index (χ0v) is 13.5. The van der Waals surface area contributed by atoms with Gasteiger partial charge in [-0.1, -0.05) is 17.7 Å². The molecule has 1 aromatic carbocycles. The van der Waals surface area contributed by atoms with Crippen molar-refractivity contribution < 1.29 is 13.2 Å². The van der Waals surface area contributed by atoms with E-state index in [0.29, 0.717) is 16.3 Å². The first kappa shape index (κ1) is 16.8. The molecule has 1 N–H and O–H groups in total. The van der Waals surface area contributed by atoms with Crippen LogP contribution in [0.5, 0.6) is 0 Å². The molecule has 0 aliphatic rings. The number of carbonyl (C=O) groups is 1. The topological polar surface area (TPSA) is 66.5 Å². The number of rotatable bonds is 5. The molecule has 0 atom stereocenters. The third-order valence-electron chi connectivity index (χ3n) is 2.65. The number of benzene rings is 1. The zero-order valence-electron chi connectivity index (χ0n) is 12.0. The highest BCUT2D eigenvalue weighted by atomic mass is 35.5. The molecule has 20 heavy (non-hydrogen) atoms. The Bertz CT molecular complexity index is 600. The number of anilines is 1. The maximum atomic E-state index is 11.9. The Labute approximate surface area is 125 Å². The number of nitrogens with one attached hydrogen (secondary N) is 1. The van der Waals surface area contributed by atoms with E-state index in [0.717, 1.165) is 10.6 Å². The summed E-state index contributed by atoms with van der Waals surface area (Å²) in [6, 6.07) is 4.91. The third kappa shape index (κ3) is 4.38. The maximum Gasteiger partial charge on any atom is 0.240 e. The second-order valence-electron chi connectivity index (χ2n) is 4.88. The van der Waals surface area contributed by atoms with Gasteiger partial charge in [-0.15, -0.1) is 0 Å². The summed E-state index contributed by atoms with van der Waals surface area (Å²) < 4.78 is 24.9. The van der Waals surface area contributed by atoms with Gasteiger partial charge in [-0.25, -0.2) is 8.42 Å². The molecule has 1 aromatic rings. The van der Waals surface area contributed by atoms with Crippen LogP contribution in [0.1, 0.15) is 19.4 Å². The van der Waals surface area contributed by atoms with Crippen molar-refractivity contribution >= 4 is 33.2 Å². The lowest BCUT2D eigenvalue weighted by Crippen LogP contribution is -2.42. The van der Waals surface area contributed by atoms with Crippen LogP contribution in [0.15, 0.2) is 18.2 Å². The van der Waals surface area contributed by atoms with E-state index in [9.17, 15) is 13.2 Å². The summed E-state index contributed by atoms with van der Waals surface area (Å²) in [6.45, 7) is 5.08. The molecular formula is C13H19ClN2O3S. The van der Waals surface area contributed by atoms with Crippen LogP contribution in [-0.2, 0) is 14.8 Å². The van der Waals surface area contributed by atoms with Crippen molar-refractivity contribution in [3.63, 3.8) is 0 Å². The average molecular weight is 319 g/mol. The van der Waals surface area contributed by atoms with Crippen molar-refractivity contribution in [3.8, 4) is 0 Å². The van der Waals surface area contributed by atoms with Crippen molar-refractivity contribution in [1.29, 1.82) is 0 Å². The molecule has 1 amide bonds. The van der Waals surface area contributed by atoms with E-state index in [4.69, 9.17) is 11.6 Å². The van der Waals surface area contributed by atoms with Crippen LogP contribution in [0.4, 0.5) is 5.69 Å². The maximum absolute atomic E-state index is 11.9. The third-order valence-corrected chi connectivity index (χ3v) is 4.18. The van der Waals surface area contributed by atoms with Crippen LogP contribution >= 0.6 is 11.6 Å². The average Bonchev–Trinajstić information content (AvgIpc) is 2.28. The SMILES string of the molecule is Cc1c(Cl)cccc1N(CC(=O)NC(C)C)S(C)(=O)=O. The van der Waals surface area contributed by atoms with Gasteiger partial charge in [-0.05, 0) is 38.5 Å². The van der Waals surface area contributed by atoms with E-state index >= 15 is 0 Å². The van der Waals surface area contributed by atoms with Crippen LogP contribution in [0.25, 0.3) is 0 Å². The smallest absolute Gasteiger partial charge is 0.240 e. The van der Waals surface area contributed by atoms with Crippen molar-refractivity contribution in [2.45, 2.75) is 26.8 Å². The highest BCUT2D eigenvalue weighted by Crippen LogP contribution is 2.27. The Hall–Kier alpha value is -1.27. The second-order valence-corrected chi connectivity index (χ2v) is 7.19. The zero-order chi connectivity index (χ0) is 15.5. The van der Waals surface area contributed by atoms with Gasteiger partial charge in [0.2, 0.25) is 15.9 Å². The molecule has 1 rings (SSSR count). The van der Waals surface area contributed by atoms with Crippen LogP contribution in [0.3, 0.4) is 0 Å². The predicted molar refractivity (Wildman–Crippen MR) is 81.7 cm³/mol. The Morgan fingerprint density at radius 2 is 2.00 bits per heavy atom. The van der Waals surface area contributed by atoms with E-state index in [1.165, 1.54) is 0 Å². The highest BCUT2D eigenvalue weighted by molar-refractivity contribution is 7.92. The molecule has 0 saturated carbocycles. The predicted octanol–water partition coefficient (Wildman–Crippen LogP) is 1.94. The summed E-state index contributed by atoms with van der Waals surface area (Å²) in [4.78, 5) is 11.8. The van der Waals surface area contributed by atoms with Crippen LogP contribution < -0.4 is 9.62 Å². The van der Waals surface area contributed by atoms with Gasteiger partial charge >= 0.3 is 0 Å². The second kappa shape index (κ2) is 6.45. The summed E-state index contributed by atoms with van der Waals surface area (Å²) in [5.41, 5.74) is 1.04. The Morgan fingerprint density at radius 1 is 1.40 bits per heavy atom. The van der Waals surface area contributed by atoms with Crippen molar-refractivity contribution in [2.24, 2.45) is 0 Å². The van der Waals surface area contributed by atoms with Crippen molar-refractivity contribution in [2.75, 3.05) is 17.1 Å². The number of amides is 1. The van der Waals surface area contributed by atoms with E-state index in [2.05, 4.69) is 5.32 Å². The molecule has 0 spiro atoms. The molecular weight excluding hydrogens is 300 g/mol. The molecule has 0 saturated heterocycles. The number of hydrogen-bond donors (Lipinski definition) is 1. The highest BCUT2D eigenvalue weighted by Gasteiger charge is 2.23. The van der Waals surface area contributed by atoms with Gasteiger partial charge in [0.1, 0.15) is 6.54 Å². The van der Waals surface area contributed by atoms with Gasteiger partial charge in [-0.3, -0.25) is 9.10 Å². The van der Waals surface area contributed by atoms with Crippen LogP contribution in [0.2, 0.25) is 5.02 Å². The number of halogens is 1. The normalized spacial score (nSPS) is 11.5. The van der Waals surface area contributed by atoms with Gasteiger partial charge < -0.3 is 5.32 Å². The summed E-state index contributed by atoms with van der Waals surface area (Å²) in [7, 11) is -3.57. The van der Waals surface area contributed by atoms with Gasteiger partial charge in [0.15, 0.2) is 0 Å². The van der Waals surface area contributed by atoms with Gasteiger partial charge in [0, 0.05) is 11.1 Å². The molecule has 0 radical (unpaired) electrons. The van der Waals surface area contributed by atoms with Crippen LogP contribution in [-0.4, -0.2) is 33.2 Å². The lowest BCUT2D eigenvalue weighted by atomic mass is 10.2. The fourth-order valence-electron chi connectivity index (χ4n) is 1.75. The van der Waals surface area contributed by atoms with Crippen molar-refractivity contribution in [3.05, 3.63) is 28.8 Å². The largest absolute Gasteiger partial charge is 0.352 e. The number of sulfonamides is 1. The molecule has 0 aromatic heterocycles. The molecule has 112 valence electrons. The lowest BCUT2D eigenvalue weighted by molar-refractivity contribution is -0.120. The number of carbonyl (C=O) groups excluding carboxylic acids is 1. The lowest BCUT2D eigenvalue weighted by Gasteiger charge is -2.24. The van der Waals surface area contributed by atoms with E-state index < -0.39 is 10.0 Å². The van der Waals surface area contributed by atoms with E-state index in [1.807, 2.05) is 13.8 Å². The molecule has 0 bridgehead atoms. The first-order valence-corrected chi connectivity index (χ1v) is 8.37. The summed E-state index contributed by atoms with van der Waals surface area (Å²) >= 11 is 6.01. The fourth-order valence-corrected chi connectivity index (χ4v) is 2.82. The van der Waals surface area contributed by atoms with Crippen molar-refractivity contribution in [1.82, 2.24) is 5.32 Å². The minimum atomic E-state index is -3.57. The standard InChI is InChI=1S/C13H19ClN2O3S/c1-9(2)15-13(17)8-16(20(4,18)19)12-7-5-6-11(14)10(12)3/h5-7,9H,8H2,1-4H3,(H,15,17). The minimum absolute atomic E-state index is 0.0515. The Morgan fingerprint density at radius 3 is 2.50 bits per heavy atom. The summed E-state index contributed by atoms with van der Waals surface area (Å²) in [5.74, 6) is -0.357. The molecule has 0 aliphatic carbocycles. The minimum Gasteiger partial charge on any atom is -0.352 e. The number of hydrogen-bond acceptors (Lipinski definition) is 3. The molecule has 0 fully saturated rings. The van der Waals surface area contributed by atoms with Crippen LogP contribution in [0, 0.1) is 6.92 Å². The monoisotopic (exact) mass is 318 g/mol.